The Bertz CT molecular complexity index is 530. The van der Waals surface area contributed by atoms with E-state index < -0.39 is 4.92 Å². The number of anilines is 1. The topological polar surface area (TPSA) is 88.2 Å². The van der Waals surface area contributed by atoms with Crippen LogP contribution in [0.2, 0.25) is 0 Å². The summed E-state index contributed by atoms with van der Waals surface area (Å²) in [5, 5.41) is 22.8. The van der Waals surface area contributed by atoms with Crippen molar-refractivity contribution in [3.05, 3.63) is 33.9 Å². The van der Waals surface area contributed by atoms with E-state index in [0.29, 0.717) is 17.8 Å². The molecule has 1 heterocycles. The summed E-state index contributed by atoms with van der Waals surface area (Å²) < 4.78 is 5.62. The minimum absolute atomic E-state index is 0.0272. The van der Waals surface area contributed by atoms with Crippen molar-refractivity contribution in [1.29, 1.82) is 5.26 Å². The molecule has 1 saturated heterocycles. The maximum atomic E-state index is 10.9. The average molecular weight is 261 g/mol. The third-order valence-electron chi connectivity index (χ3n) is 3.28. The van der Waals surface area contributed by atoms with Crippen molar-refractivity contribution in [1.82, 2.24) is 0 Å². The van der Waals surface area contributed by atoms with Crippen LogP contribution in [0.5, 0.6) is 0 Å². The smallest absolute Gasteiger partial charge is 0.292 e. The fourth-order valence-electron chi connectivity index (χ4n) is 2.16. The Morgan fingerprint density at radius 1 is 1.63 bits per heavy atom. The van der Waals surface area contributed by atoms with Crippen LogP contribution in [-0.2, 0) is 4.74 Å². The molecular formula is C13H15N3O3. The summed E-state index contributed by atoms with van der Waals surface area (Å²) in [5.41, 5.74) is 0.434. The normalized spacial score (nSPS) is 21.9. The van der Waals surface area contributed by atoms with Gasteiger partial charge in [0.2, 0.25) is 0 Å². The van der Waals surface area contributed by atoms with E-state index in [4.69, 9.17) is 10.00 Å². The first-order chi connectivity index (χ1) is 9.04. The van der Waals surface area contributed by atoms with Crippen molar-refractivity contribution < 1.29 is 9.66 Å². The van der Waals surface area contributed by atoms with E-state index in [9.17, 15) is 10.1 Å². The molecule has 1 aromatic rings. The Kier molecular flexibility index (Phi) is 3.67. The summed E-state index contributed by atoms with van der Waals surface area (Å²) in [7, 11) is 0. The highest BCUT2D eigenvalue weighted by Gasteiger charge is 2.30. The minimum atomic E-state index is -0.457. The van der Waals surface area contributed by atoms with Crippen molar-refractivity contribution in [2.24, 2.45) is 0 Å². The predicted octanol–water partition coefficient (Wildman–Crippen LogP) is 2.45. The molecule has 0 aromatic heterocycles. The standard InChI is InChI=1S/C13H15N3O3/c1-13(5-2-6-19-13)9-15-11-7-10(8-14)3-4-12(11)16(17)18/h3-4,7,15H,2,5-6,9H2,1H3. The van der Waals surface area contributed by atoms with Crippen LogP contribution < -0.4 is 5.32 Å². The largest absolute Gasteiger partial charge is 0.377 e. The number of nitro groups is 1. The molecule has 2 rings (SSSR count). The Morgan fingerprint density at radius 3 is 3.00 bits per heavy atom. The molecule has 6 nitrogen and oxygen atoms in total. The van der Waals surface area contributed by atoms with E-state index in [1.807, 2.05) is 13.0 Å². The zero-order valence-corrected chi connectivity index (χ0v) is 10.7. The fourth-order valence-corrected chi connectivity index (χ4v) is 2.16. The number of benzene rings is 1. The van der Waals surface area contributed by atoms with Crippen molar-refractivity contribution >= 4 is 11.4 Å². The van der Waals surface area contributed by atoms with Crippen LogP contribution in [0.25, 0.3) is 0 Å². The molecule has 1 aliphatic rings. The second-order valence-electron chi connectivity index (χ2n) is 4.86. The number of rotatable bonds is 4. The van der Waals surface area contributed by atoms with Gasteiger partial charge in [-0.1, -0.05) is 0 Å². The molecule has 0 radical (unpaired) electrons. The van der Waals surface area contributed by atoms with Gasteiger partial charge in [0, 0.05) is 19.2 Å². The second kappa shape index (κ2) is 5.24. The Morgan fingerprint density at radius 2 is 2.42 bits per heavy atom. The number of nitro benzene ring substituents is 1. The second-order valence-corrected chi connectivity index (χ2v) is 4.86. The van der Waals surface area contributed by atoms with Gasteiger partial charge in [-0.3, -0.25) is 10.1 Å². The predicted molar refractivity (Wildman–Crippen MR) is 69.9 cm³/mol. The van der Waals surface area contributed by atoms with Gasteiger partial charge in [0.15, 0.2) is 0 Å². The molecule has 0 saturated carbocycles. The van der Waals surface area contributed by atoms with E-state index in [-0.39, 0.29) is 11.3 Å². The van der Waals surface area contributed by atoms with Crippen molar-refractivity contribution in [2.75, 3.05) is 18.5 Å². The van der Waals surface area contributed by atoms with E-state index in [0.717, 1.165) is 19.4 Å². The van der Waals surface area contributed by atoms with Crippen molar-refractivity contribution in [3.63, 3.8) is 0 Å². The SMILES string of the molecule is CC1(CNc2cc(C#N)ccc2[N+](=O)[O-])CCCO1. The molecule has 19 heavy (non-hydrogen) atoms. The molecule has 1 aromatic carbocycles. The summed E-state index contributed by atoms with van der Waals surface area (Å²) in [5.74, 6) is 0. The molecule has 1 N–H and O–H groups in total. The molecule has 1 aliphatic heterocycles. The first-order valence-corrected chi connectivity index (χ1v) is 6.10. The summed E-state index contributed by atoms with van der Waals surface area (Å²) in [6.45, 7) is 3.19. The van der Waals surface area contributed by atoms with Gasteiger partial charge >= 0.3 is 0 Å². The number of nitrogens with one attached hydrogen (secondary N) is 1. The summed E-state index contributed by atoms with van der Waals surface area (Å²) in [6.07, 6.45) is 1.92. The molecule has 1 atom stereocenters. The summed E-state index contributed by atoms with van der Waals surface area (Å²) in [6, 6.07) is 6.26. The van der Waals surface area contributed by atoms with Gasteiger partial charge in [0.25, 0.3) is 5.69 Å². The highest BCUT2D eigenvalue weighted by Crippen LogP contribution is 2.29. The lowest BCUT2D eigenvalue weighted by Gasteiger charge is -2.23. The van der Waals surface area contributed by atoms with Gasteiger partial charge in [0.1, 0.15) is 5.69 Å². The van der Waals surface area contributed by atoms with Gasteiger partial charge in [-0.05, 0) is 31.9 Å². The van der Waals surface area contributed by atoms with Crippen LogP contribution >= 0.6 is 0 Å². The van der Waals surface area contributed by atoms with E-state index >= 15 is 0 Å². The number of hydrogen-bond acceptors (Lipinski definition) is 5. The van der Waals surface area contributed by atoms with E-state index in [1.54, 1.807) is 0 Å². The van der Waals surface area contributed by atoms with Crippen molar-refractivity contribution in [3.8, 4) is 6.07 Å². The fraction of sp³-hybridized carbons (Fsp3) is 0.462. The number of ether oxygens (including phenoxy) is 1. The quantitative estimate of drug-likeness (QED) is 0.664. The maximum absolute atomic E-state index is 10.9. The lowest BCUT2D eigenvalue weighted by molar-refractivity contribution is -0.384. The summed E-state index contributed by atoms with van der Waals surface area (Å²) >= 11 is 0. The maximum Gasteiger partial charge on any atom is 0.292 e. The molecule has 6 heteroatoms. The monoisotopic (exact) mass is 261 g/mol. The number of nitriles is 1. The Balaban J connectivity index is 2.18. The highest BCUT2D eigenvalue weighted by molar-refractivity contribution is 5.64. The van der Waals surface area contributed by atoms with Crippen LogP contribution in [0, 0.1) is 21.4 Å². The van der Waals surface area contributed by atoms with E-state index in [1.165, 1.54) is 18.2 Å². The molecule has 1 unspecified atom stereocenters. The first kappa shape index (κ1) is 13.3. The van der Waals surface area contributed by atoms with Crippen LogP contribution in [0.15, 0.2) is 18.2 Å². The number of nitrogens with zero attached hydrogens (tertiary/aromatic N) is 2. The van der Waals surface area contributed by atoms with Gasteiger partial charge in [-0.2, -0.15) is 5.26 Å². The third kappa shape index (κ3) is 3.01. The zero-order chi connectivity index (χ0) is 13.9. The van der Waals surface area contributed by atoms with Gasteiger partial charge < -0.3 is 10.1 Å². The van der Waals surface area contributed by atoms with Gasteiger partial charge in [-0.15, -0.1) is 0 Å². The van der Waals surface area contributed by atoms with Crippen LogP contribution in [0.4, 0.5) is 11.4 Å². The van der Waals surface area contributed by atoms with Crippen molar-refractivity contribution in [2.45, 2.75) is 25.4 Å². The third-order valence-corrected chi connectivity index (χ3v) is 3.28. The molecule has 0 aliphatic carbocycles. The number of hydrogen-bond donors (Lipinski definition) is 1. The summed E-state index contributed by atoms with van der Waals surface area (Å²) in [4.78, 5) is 10.5. The highest BCUT2D eigenvalue weighted by atomic mass is 16.6. The lowest BCUT2D eigenvalue weighted by atomic mass is 10.0. The molecule has 1 fully saturated rings. The van der Waals surface area contributed by atoms with Crippen LogP contribution in [0.3, 0.4) is 0 Å². The van der Waals surface area contributed by atoms with Gasteiger partial charge in [-0.25, -0.2) is 0 Å². The zero-order valence-electron chi connectivity index (χ0n) is 10.7. The Labute approximate surface area is 111 Å². The van der Waals surface area contributed by atoms with Crippen LogP contribution in [-0.4, -0.2) is 23.7 Å². The van der Waals surface area contributed by atoms with Crippen LogP contribution in [0.1, 0.15) is 25.3 Å². The molecular weight excluding hydrogens is 246 g/mol. The van der Waals surface area contributed by atoms with Gasteiger partial charge in [0.05, 0.1) is 22.2 Å². The Hall–Kier alpha value is -2.13. The lowest BCUT2D eigenvalue weighted by Crippen LogP contribution is -2.32. The molecule has 100 valence electrons. The molecule has 0 spiro atoms. The van der Waals surface area contributed by atoms with E-state index in [2.05, 4.69) is 5.32 Å². The minimum Gasteiger partial charge on any atom is -0.377 e. The average Bonchev–Trinajstić information content (AvgIpc) is 2.83. The first-order valence-electron chi connectivity index (χ1n) is 6.10. The molecule has 0 amide bonds. The molecule has 0 bridgehead atoms.